The molecule has 0 radical (unpaired) electrons. The lowest BCUT2D eigenvalue weighted by atomic mass is 10.0. The number of carbonyl (C=O) groups excluding carboxylic acids is 1. The summed E-state index contributed by atoms with van der Waals surface area (Å²) < 4.78 is 7.72. The third-order valence-electron chi connectivity index (χ3n) is 6.59. The summed E-state index contributed by atoms with van der Waals surface area (Å²) in [5, 5.41) is 24.3. The van der Waals surface area contributed by atoms with Gasteiger partial charge in [0.25, 0.3) is 11.6 Å². The molecule has 8 heteroatoms. The van der Waals surface area contributed by atoms with E-state index in [9.17, 15) is 20.2 Å². The van der Waals surface area contributed by atoms with Crippen LogP contribution in [0.1, 0.15) is 19.4 Å². The number of non-ortho nitro benzene ring substituents is 1. The Labute approximate surface area is 249 Å². The van der Waals surface area contributed by atoms with Crippen LogP contribution in [0.5, 0.6) is 5.75 Å². The molecule has 43 heavy (non-hydrogen) atoms. The minimum atomic E-state index is -0.562. The van der Waals surface area contributed by atoms with E-state index >= 15 is 0 Å². The number of nitro groups is 1. The smallest absolute Gasteiger partial charge is 0.269 e. The van der Waals surface area contributed by atoms with Gasteiger partial charge < -0.3 is 14.6 Å². The zero-order valence-electron chi connectivity index (χ0n) is 23.6. The summed E-state index contributed by atoms with van der Waals surface area (Å²) in [6.45, 7) is 3.83. The second-order valence-electron chi connectivity index (χ2n) is 9.99. The first-order valence-electron chi connectivity index (χ1n) is 13.7. The summed E-state index contributed by atoms with van der Waals surface area (Å²) in [7, 11) is 0. The summed E-state index contributed by atoms with van der Waals surface area (Å²) in [4.78, 5) is 24.3. The van der Waals surface area contributed by atoms with E-state index in [2.05, 4.69) is 11.4 Å². The van der Waals surface area contributed by atoms with Gasteiger partial charge in [-0.25, -0.2) is 0 Å². The molecule has 0 aliphatic carbocycles. The van der Waals surface area contributed by atoms with E-state index in [0.717, 1.165) is 22.5 Å². The number of amides is 1. The molecule has 0 spiro atoms. The summed E-state index contributed by atoms with van der Waals surface area (Å²) in [6, 6.07) is 36.6. The number of rotatable bonds is 9. The van der Waals surface area contributed by atoms with E-state index in [-0.39, 0.29) is 17.4 Å². The molecule has 0 bridgehead atoms. The second kappa shape index (κ2) is 12.7. The summed E-state index contributed by atoms with van der Waals surface area (Å²) in [5.74, 6) is 0.0434. The number of aromatic nitrogens is 1. The Hall–Kier alpha value is -5.94. The number of ether oxygens (including phenoxy) is 1. The molecule has 8 nitrogen and oxygen atoms in total. The molecule has 0 saturated carbocycles. The molecule has 5 rings (SSSR count). The van der Waals surface area contributed by atoms with Crippen molar-refractivity contribution in [1.29, 1.82) is 5.26 Å². The zero-order chi connectivity index (χ0) is 30.3. The van der Waals surface area contributed by atoms with Crippen LogP contribution in [0.25, 0.3) is 34.3 Å². The molecule has 212 valence electrons. The van der Waals surface area contributed by atoms with Crippen molar-refractivity contribution in [3.63, 3.8) is 0 Å². The molecule has 1 aromatic heterocycles. The van der Waals surface area contributed by atoms with Crippen LogP contribution in [0.2, 0.25) is 0 Å². The normalized spacial score (nSPS) is 11.2. The van der Waals surface area contributed by atoms with Crippen molar-refractivity contribution >= 4 is 23.4 Å². The second-order valence-corrected chi connectivity index (χ2v) is 9.99. The van der Waals surface area contributed by atoms with Crippen LogP contribution in [0, 0.1) is 21.4 Å². The van der Waals surface area contributed by atoms with E-state index in [4.69, 9.17) is 4.74 Å². The third kappa shape index (κ3) is 6.53. The lowest BCUT2D eigenvalue weighted by Crippen LogP contribution is -2.14. The quantitative estimate of drug-likeness (QED) is 0.0837. The van der Waals surface area contributed by atoms with Crippen molar-refractivity contribution in [1.82, 2.24) is 4.57 Å². The highest BCUT2D eigenvalue weighted by atomic mass is 16.6. The number of nitro benzene ring substituents is 1. The maximum atomic E-state index is 13.3. The number of carbonyl (C=O) groups is 1. The Morgan fingerprint density at radius 1 is 0.907 bits per heavy atom. The highest BCUT2D eigenvalue weighted by Crippen LogP contribution is 2.37. The van der Waals surface area contributed by atoms with E-state index in [1.165, 1.54) is 12.1 Å². The molecule has 5 aromatic rings. The largest absolute Gasteiger partial charge is 0.491 e. The lowest BCUT2D eigenvalue weighted by Gasteiger charge is -2.15. The van der Waals surface area contributed by atoms with E-state index in [1.54, 1.807) is 42.5 Å². The Bertz CT molecular complexity index is 1840. The number of benzene rings is 4. The van der Waals surface area contributed by atoms with Gasteiger partial charge in [0.1, 0.15) is 17.4 Å². The Balaban J connectivity index is 1.66. The van der Waals surface area contributed by atoms with Crippen molar-refractivity contribution in [3.05, 3.63) is 137 Å². The minimum absolute atomic E-state index is 0.0233. The number of hydrogen-bond donors (Lipinski definition) is 1. The number of anilines is 1. The maximum absolute atomic E-state index is 13.3. The molecular formula is C35H28N4O4. The van der Waals surface area contributed by atoms with E-state index in [0.29, 0.717) is 22.7 Å². The highest BCUT2D eigenvalue weighted by molar-refractivity contribution is 6.10. The van der Waals surface area contributed by atoms with Crippen LogP contribution < -0.4 is 10.1 Å². The molecule has 4 aromatic carbocycles. The topological polar surface area (TPSA) is 110 Å². The van der Waals surface area contributed by atoms with Crippen molar-refractivity contribution in [2.24, 2.45) is 0 Å². The van der Waals surface area contributed by atoms with Gasteiger partial charge >= 0.3 is 0 Å². The van der Waals surface area contributed by atoms with Gasteiger partial charge in [0.2, 0.25) is 0 Å². The Kier molecular flexibility index (Phi) is 8.45. The van der Waals surface area contributed by atoms with Gasteiger partial charge in [-0.05, 0) is 61.4 Å². The molecule has 0 aliphatic heterocycles. The first-order valence-corrected chi connectivity index (χ1v) is 13.7. The van der Waals surface area contributed by atoms with Crippen LogP contribution in [0.15, 0.2) is 121 Å². The first kappa shape index (κ1) is 28.6. The van der Waals surface area contributed by atoms with Crippen LogP contribution >= 0.6 is 0 Å². The standard InChI is InChI=1S/C35H28N4O4/c1-24(2)43-32-15-9-14-29(22-32)37-35(40)28(23-36)20-27-21-33(25-10-5-3-6-11-25)38(34(27)26-12-7-4-8-13-26)30-16-18-31(19-17-30)39(41)42/h3-22,24H,1-2H3,(H,37,40)/b28-20+. The Morgan fingerprint density at radius 3 is 2.16 bits per heavy atom. The molecule has 0 unspecified atom stereocenters. The van der Waals surface area contributed by atoms with Crippen molar-refractivity contribution in [2.75, 3.05) is 5.32 Å². The van der Waals surface area contributed by atoms with Gasteiger partial charge in [0, 0.05) is 35.1 Å². The van der Waals surface area contributed by atoms with Crippen LogP contribution in [-0.4, -0.2) is 21.5 Å². The number of nitrogens with one attached hydrogen (secondary N) is 1. The SMILES string of the molecule is CC(C)Oc1cccc(NC(=O)/C(C#N)=C/c2cc(-c3ccccc3)n(-c3ccc([N+](=O)[O-])cc3)c2-c2ccccc2)c1. The zero-order valence-corrected chi connectivity index (χ0v) is 23.6. The average molecular weight is 569 g/mol. The van der Waals surface area contributed by atoms with Gasteiger partial charge in [-0.3, -0.25) is 14.9 Å². The summed E-state index contributed by atoms with van der Waals surface area (Å²) in [5.41, 5.74) is 4.95. The van der Waals surface area contributed by atoms with Gasteiger partial charge in [-0.15, -0.1) is 0 Å². The molecule has 0 aliphatic rings. The van der Waals surface area contributed by atoms with Crippen LogP contribution in [-0.2, 0) is 4.79 Å². The predicted molar refractivity (Wildman–Crippen MR) is 168 cm³/mol. The van der Waals surface area contributed by atoms with Crippen molar-refractivity contribution in [2.45, 2.75) is 20.0 Å². The van der Waals surface area contributed by atoms with Gasteiger partial charge in [-0.2, -0.15) is 5.26 Å². The molecule has 1 N–H and O–H groups in total. The summed E-state index contributed by atoms with van der Waals surface area (Å²) in [6.07, 6.45) is 1.54. The van der Waals surface area contributed by atoms with Gasteiger partial charge in [0.15, 0.2) is 0 Å². The lowest BCUT2D eigenvalue weighted by molar-refractivity contribution is -0.384. The van der Waals surface area contributed by atoms with Gasteiger partial charge in [-0.1, -0.05) is 66.7 Å². The van der Waals surface area contributed by atoms with Crippen LogP contribution in [0.4, 0.5) is 11.4 Å². The number of hydrogen-bond acceptors (Lipinski definition) is 5. The molecule has 0 fully saturated rings. The third-order valence-corrected chi connectivity index (χ3v) is 6.59. The molecular weight excluding hydrogens is 540 g/mol. The Morgan fingerprint density at radius 2 is 1.56 bits per heavy atom. The predicted octanol–water partition coefficient (Wildman–Crippen LogP) is 8.05. The molecule has 0 saturated heterocycles. The first-order chi connectivity index (χ1) is 20.8. The van der Waals surface area contributed by atoms with Crippen LogP contribution in [0.3, 0.4) is 0 Å². The average Bonchev–Trinajstić information content (AvgIpc) is 3.39. The fourth-order valence-corrected chi connectivity index (χ4v) is 4.77. The van der Waals surface area contributed by atoms with Gasteiger partial charge in [0.05, 0.1) is 22.4 Å². The minimum Gasteiger partial charge on any atom is -0.491 e. The fraction of sp³-hybridized carbons (Fsp3) is 0.0857. The number of nitrogens with zero attached hydrogens (tertiary/aromatic N) is 3. The maximum Gasteiger partial charge on any atom is 0.269 e. The van der Waals surface area contributed by atoms with E-state index in [1.807, 2.05) is 85.1 Å². The molecule has 0 atom stereocenters. The molecule has 1 heterocycles. The summed E-state index contributed by atoms with van der Waals surface area (Å²) >= 11 is 0. The monoisotopic (exact) mass is 568 g/mol. The fourth-order valence-electron chi connectivity index (χ4n) is 4.77. The van der Waals surface area contributed by atoms with Crippen molar-refractivity contribution < 1.29 is 14.5 Å². The number of nitriles is 1. The molecule has 1 amide bonds. The van der Waals surface area contributed by atoms with Crippen molar-refractivity contribution in [3.8, 4) is 40.0 Å². The van der Waals surface area contributed by atoms with E-state index < -0.39 is 10.8 Å². The highest BCUT2D eigenvalue weighted by Gasteiger charge is 2.21.